The Morgan fingerprint density at radius 2 is 1.85 bits per heavy atom. The van der Waals surface area contributed by atoms with E-state index in [1.165, 1.54) is 0 Å². The molecule has 0 saturated heterocycles. The lowest BCUT2D eigenvalue weighted by atomic mass is 10.1. The van der Waals surface area contributed by atoms with Gasteiger partial charge in [-0.05, 0) is 54.5 Å². The van der Waals surface area contributed by atoms with Crippen molar-refractivity contribution < 1.29 is 9.59 Å². The van der Waals surface area contributed by atoms with Crippen molar-refractivity contribution in [2.24, 2.45) is 0 Å². The molecule has 0 aliphatic carbocycles. The summed E-state index contributed by atoms with van der Waals surface area (Å²) in [7, 11) is 1.74. The zero-order valence-corrected chi connectivity index (χ0v) is 16.7. The van der Waals surface area contributed by atoms with Crippen LogP contribution in [0.4, 0.5) is 5.82 Å². The average Bonchev–Trinajstić information content (AvgIpc) is 2.63. The molecule has 0 spiro atoms. The number of aromatic nitrogens is 1. The van der Waals surface area contributed by atoms with Crippen molar-refractivity contribution in [3.05, 3.63) is 58.7 Å². The zero-order chi connectivity index (χ0) is 19.1. The van der Waals surface area contributed by atoms with E-state index in [-0.39, 0.29) is 24.4 Å². The van der Waals surface area contributed by atoms with E-state index < -0.39 is 6.04 Å². The number of benzene rings is 1. The number of nitrogens with zero attached hydrogens (tertiary/aromatic N) is 2. The Hall–Kier alpha value is -2.25. The monoisotopic (exact) mass is 418 g/mol. The first-order chi connectivity index (χ1) is 12.4. The maximum absolute atomic E-state index is 12.4. The van der Waals surface area contributed by atoms with Crippen LogP contribution in [-0.4, -0.2) is 41.3 Å². The number of pyridine rings is 1. The van der Waals surface area contributed by atoms with E-state index in [2.05, 4.69) is 31.5 Å². The van der Waals surface area contributed by atoms with Crippen LogP contribution in [0.3, 0.4) is 0 Å². The minimum absolute atomic E-state index is 0.0893. The van der Waals surface area contributed by atoms with E-state index in [9.17, 15) is 9.59 Å². The fourth-order valence-electron chi connectivity index (χ4n) is 2.35. The fraction of sp³-hybridized carbons (Fsp3) is 0.316. The number of nitrogens with one attached hydrogen (secondary N) is 2. The second-order valence-corrected chi connectivity index (χ2v) is 7.06. The quantitative estimate of drug-likeness (QED) is 0.724. The van der Waals surface area contributed by atoms with Crippen molar-refractivity contribution in [3.63, 3.8) is 0 Å². The molecular weight excluding hydrogens is 396 g/mol. The van der Waals surface area contributed by atoms with Crippen molar-refractivity contribution in [3.8, 4) is 0 Å². The van der Waals surface area contributed by atoms with Gasteiger partial charge in [0.1, 0.15) is 5.82 Å². The predicted molar refractivity (Wildman–Crippen MR) is 106 cm³/mol. The van der Waals surface area contributed by atoms with E-state index in [4.69, 9.17) is 0 Å². The molecule has 2 amide bonds. The molecular formula is C19H23BrN4O2. The summed E-state index contributed by atoms with van der Waals surface area (Å²) in [5, 5.41) is 5.69. The Balaban J connectivity index is 1.85. The summed E-state index contributed by atoms with van der Waals surface area (Å²) >= 11 is 3.30. The van der Waals surface area contributed by atoms with E-state index in [0.29, 0.717) is 5.82 Å². The molecule has 1 aromatic carbocycles. The highest BCUT2D eigenvalue weighted by Gasteiger charge is 2.21. The molecule has 2 rings (SSSR count). The highest BCUT2D eigenvalue weighted by atomic mass is 79.9. The molecule has 2 atom stereocenters. The standard InChI is InChI=1S/C19H23BrN4O2/c1-13(15-7-5-4-6-8-15)22-19(26)14(2)24(3)12-18(25)23-17-10-9-16(20)11-21-17/h4-11,13-14H,12H2,1-3H3,(H,22,26)(H,21,23,25). The molecule has 1 heterocycles. The largest absolute Gasteiger partial charge is 0.348 e. The molecule has 0 bridgehead atoms. The summed E-state index contributed by atoms with van der Waals surface area (Å²) < 4.78 is 0.838. The third kappa shape index (κ3) is 5.93. The van der Waals surface area contributed by atoms with Gasteiger partial charge in [0.2, 0.25) is 11.8 Å². The third-order valence-corrected chi connectivity index (χ3v) is 4.56. The van der Waals surface area contributed by atoms with Crippen molar-refractivity contribution in [2.45, 2.75) is 25.9 Å². The maximum Gasteiger partial charge on any atom is 0.239 e. The van der Waals surface area contributed by atoms with E-state index in [0.717, 1.165) is 10.0 Å². The van der Waals surface area contributed by atoms with Crippen LogP contribution in [-0.2, 0) is 9.59 Å². The van der Waals surface area contributed by atoms with E-state index in [1.54, 1.807) is 37.2 Å². The van der Waals surface area contributed by atoms with Gasteiger partial charge in [0.25, 0.3) is 0 Å². The normalized spacial score (nSPS) is 13.1. The Morgan fingerprint density at radius 1 is 1.15 bits per heavy atom. The SMILES string of the molecule is CC(NC(=O)C(C)N(C)CC(=O)Nc1ccc(Br)cn1)c1ccccc1. The van der Waals surface area contributed by atoms with Crippen LogP contribution < -0.4 is 10.6 Å². The molecule has 0 saturated carbocycles. The summed E-state index contributed by atoms with van der Waals surface area (Å²) in [5.41, 5.74) is 1.04. The molecule has 0 aliphatic rings. The molecule has 26 heavy (non-hydrogen) atoms. The van der Waals surface area contributed by atoms with Crippen LogP contribution in [0, 0.1) is 0 Å². The molecule has 1 aromatic heterocycles. The minimum Gasteiger partial charge on any atom is -0.348 e. The summed E-state index contributed by atoms with van der Waals surface area (Å²) in [6.45, 7) is 3.80. The van der Waals surface area contributed by atoms with Crippen LogP contribution in [0.2, 0.25) is 0 Å². The van der Waals surface area contributed by atoms with Crippen molar-refractivity contribution in [2.75, 3.05) is 18.9 Å². The molecule has 0 aliphatic heterocycles. The fourth-order valence-corrected chi connectivity index (χ4v) is 2.59. The molecule has 7 heteroatoms. The number of hydrogen-bond donors (Lipinski definition) is 2. The van der Waals surface area contributed by atoms with Gasteiger partial charge < -0.3 is 10.6 Å². The van der Waals surface area contributed by atoms with E-state index >= 15 is 0 Å². The Bertz CT molecular complexity index is 737. The van der Waals surface area contributed by atoms with Gasteiger partial charge in [-0.25, -0.2) is 4.98 Å². The molecule has 6 nitrogen and oxygen atoms in total. The Morgan fingerprint density at radius 3 is 2.46 bits per heavy atom. The van der Waals surface area contributed by atoms with Crippen LogP contribution in [0.5, 0.6) is 0 Å². The number of hydrogen-bond acceptors (Lipinski definition) is 4. The van der Waals surface area contributed by atoms with Gasteiger partial charge in [0.15, 0.2) is 0 Å². The number of carbonyl (C=O) groups is 2. The van der Waals surface area contributed by atoms with Gasteiger partial charge >= 0.3 is 0 Å². The van der Waals surface area contributed by atoms with Crippen molar-refractivity contribution in [1.82, 2.24) is 15.2 Å². The topological polar surface area (TPSA) is 74.3 Å². The molecule has 0 fully saturated rings. The number of carbonyl (C=O) groups excluding carboxylic acids is 2. The molecule has 2 unspecified atom stereocenters. The summed E-state index contributed by atoms with van der Waals surface area (Å²) in [4.78, 5) is 30.4. The van der Waals surface area contributed by atoms with Gasteiger partial charge in [-0.3, -0.25) is 14.5 Å². The predicted octanol–water partition coefficient (Wildman–Crippen LogP) is 2.98. The first kappa shape index (κ1) is 20.1. The lowest BCUT2D eigenvalue weighted by Crippen LogP contribution is -2.46. The number of likely N-dealkylation sites (N-methyl/N-ethyl adjacent to an activating group) is 1. The maximum atomic E-state index is 12.4. The lowest BCUT2D eigenvalue weighted by Gasteiger charge is -2.25. The summed E-state index contributed by atoms with van der Waals surface area (Å²) in [6.07, 6.45) is 1.61. The number of amides is 2. The van der Waals surface area contributed by atoms with Gasteiger partial charge in [0, 0.05) is 10.7 Å². The number of rotatable bonds is 7. The summed E-state index contributed by atoms with van der Waals surface area (Å²) in [6, 6.07) is 12.7. The van der Waals surface area contributed by atoms with Crippen molar-refractivity contribution in [1.29, 1.82) is 0 Å². The van der Waals surface area contributed by atoms with Gasteiger partial charge in [0.05, 0.1) is 18.6 Å². The first-order valence-electron chi connectivity index (χ1n) is 8.33. The highest BCUT2D eigenvalue weighted by Crippen LogP contribution is 2.12. The van der Waals surface area contributed by atoms with Crippen LogP contribution in [0.25, 0.3) is 0 Å². The second-order valence-electron chi connectivity index (χ2n) is 6.14. The van der Waals surface area contributed by atoms with Crippen LogP contribution in [0.15, 0.2) is 53.1 Å². The van der Waals surface area contributed by atoms with Crippen LogP contribution >= 0.6 is 15.9 Å². The summed E-state index contributed by atoms with van der Waals surface area (Å²) in [5.74, 6) is 0.123. The number of halogens is 1. The Kier molecular flexibility index (Phi) is 7.29. The molecule has 138 valence electrons. The smallest absolute Gasteiger partial charge is 0.239 e. The molecule has 2 N–H and O–H groups in total. The molecule has 0 radical (unpaired) electrons. The van der Waals surface area contributed by atoms with Crippen molar-refractivity contribution >= 4 is 33.6 Å². The Labute approximate surface area is 162 Å². The van der Waals surface area contributed by atoms with Gasteiger partial charge in [-0.1, -0.05) is 30.3 Å². The highest BCUT2D eigenvalue weighted by molar-refractivity contribution is 9.10. The third-order valence-electron chi connectivity index (χ3n) is 4.09. The van der Waals surface area contributed by atoms with E-state index in [1.807, 2.05) is 37.3 Å². The second kappa shape index (κ2) is 9.45. The lowest BCUT2D eigenvalue weighted by molar-refractivity contribution is -0.127. The minimum atomic E-state index is -0.440. The van der Waals surface area contributed by atoms with Gasteiger partial charge in [-0.15, -0.1) is 0 Å². The zero-order valence-electron chi connectivity index (χ0n) is 15.1. The van der Waals surface area contributed by atoms with Gasteiger partial charge in [-0.2, -0.15) is 0 Å². The first-order valence-corrected chi connectivity index (χ1v) is 9.13. The van der Waals surface area contributed by atoms with Crippen LogP contribution in [0.1, 0.15) is 25.5 Å². The molecule has 2 aromatic rings. The number of anilines is 1. The average molecular weight is 419 g/mol.